The zero-order chi connectivity index (χ0) is 27.6. The standard InChI is InChI=1S/C11H14N4O.C9H16O2.C6H13NO2S/c1-8(2)15-13-11(12-14-15)9-4-6-10(16-3)7-5-9;1-7(2)9(10)11-8-5-3-4-6-8;1-5(2)7-10(8,9)6-3-4-6/h4-8H,1-3H3;7-8H,3-6H2,1-2H3;5-7H,3-4H2,1-2H3. The summed E-state index contributed by atoms with van der Waals surface area (Å²) >= 11 is 0. The zero-order valence-corrected chi connectivity index (χ0v) is 24.0. The van der Waals surface area contributed by atoms with Gasteiger partial charge in [0, 0.05) is 11.6 Å². The summed E-state index contributed by atoms with van der Waals surface area (Å²) in [5, 5.41) is 12.2. The third-order valence-electron chi connectivity index (χ3n) is 5.66. The lowest BCUT2D eigenvalue weighted by atomic mass is 10.2. The van der Waals surface area contributed by atoms with Gasteiger partial charge in [0.15, 0.2) is 0 Å². The number of hydrogen-bond donors (Lipinski definition) is 1. The van der Waals surface area contributed by atoms with E-state index in [4.69, 9.17) is 9.47 Å². The van der Waals surface area contributed by atoms with Gasteiger partial charge in [-0.15, -0.1) is 10.2 Å². The average molecular weight is 538 g/mol. The molecular weight excluding hydrogens is 494 g/mol. The third kappa shape index (κ3) is 10.8. The molecule has 10 nitrogen and oxygen atoms in total. The quantitative estimate of drug-likeness (QED) is 0.487. The van der Waals surface area contributed by atoms with Crippen molar-refractivity contribution in [1.82, 2.24) is 24.9 Å². The minimum absolute atomic E-state index is 0.0237. The molecule has 2 aromatic rings. The van der Waals surface area contributed by atoms with Crippen LogP contribution >= 0.6 is 0 Å². The van der Waals surface area contributed by atoms with Crippen LogP contribution < -0.4 is 9.46 Å². The zero-order valence-electron chi connectivity index (χ0n) is 23.2. The van der Waals surface area contributed by atoms with Crippen molar-refractivity contribution in [1.29, 1.82) is 0 Å². The van der Waals surface area contributed by atoms with Crippen LogP contribution in [0.5, 0.6) is 5.75 Å². The molecule has 0 atom stereocenters. The van der Waals surface area contributed by atoms with Crippen molar-refractivity contribution in [2.45, 2.75) is 104 Å². The van der Waals surface area contributed by atoms with Gasteiger partial charge in [-0.05, 0) is 95.7 Å². The van der Waals surface area contributed by atoms with Crippen molar-refractivity contribution in [2.24, 2.45) is 5.92 Å². The molecule has 1 aromatic heterocycles. The Morgan fingerprint density at radius 1 is 1.00 bits per heavy atom. The lowest BCUT2D eigenvalue weighted by molar-refractivity contribution is -0.152. The molecule has 11 heteroatoms. The first kappa shape index (κ1) is 30.7. The lowest BCUT2D eigenvalue weighted by Crippen LogP contribution is -2.32. The number of carbonyl (C=O) groups is 1. The first-order chi connectivity index (χ1) is 17.4. The van der Waals surface area contributed by atoms with Crippen molar-refractivity contribution in [3.63, 3.8) is 0 Å². The SMILES string of the molecule is CC(C)C(=O)OC1CCCC1.CC(C)NS(=O)(=O)C1CC1.COc1ccc(-c2nnn(C(C)C)n2)cc1. The van der Waals surface area contributed by atoms with Gasteiger partial charge in [-0.1, -0.05) is 13.8 Å². The van der Waals surface area contributed by atoms with Crippen molar-refractivity contribution in [3.8, 4) is 17.1 Å². The molecule has 2 fully saturated rings. The minimum atomic E-state index is -2.94. The van der Waals surface area contributed by atoms with Crippen LogP contribution in [0.1, 0.15) is 86.1 Å². The number of sulfonamides is 1. The second-order valence-corrected chi connectivity index (χ2v) is 12.3. The molecule has 0 amide bonds. The van der Waals surface area contributed by atoms with Crippen LogP contribution in [-0.4, -0.2) is 59.1 Å². The Kier molecular flexibility index (Phi) is 12.0. The molecule has 4 rings (SSSR count). The molecule has 2 aliphatic rings. The topological polar surface area (TPSA) is 125 Å². The van der Waals surface area contributed by atoms with Crippen LogP contribution in [0, 0.1) is 5.92 Å². The second kappa shape index (κ2) is 14.4. The molecule has 0 saturated heterocycles. The van der Waals surface area contributed by atoms with E-state index in [1.165, 1.54) is 12.8 Å². The highest BCUT2D eigenvalue weighted by molar-refractivity contribution is 7.90. The maximum atomic E-state index is 11.1. The first-order valence-electron chi connectivity index (χ1n) is 13.1. The molecule has 0 spiro atoms. The summed E-state index contributed by atoms with van der Waals surface area (Å²) in [6.07, 6.45) is 6.47. The van der Waals surface area contributed by atoms with Gasteiger partial charge >= 0.3 is 5.97 Å². The van der Waals surface area contributed by atoms with E-state index in [1.54, 1.807) is 11.9 Å². The maximum Gasteiger partial charge on any atom is 0.308 e. The number of nitrogens with zero attached hydrogens (tertiary/aromatic N) is 4. The van der Waals surface area contributed by atoms with Crippen LogP contribution in [0.3, 0.4) is 0 Å². The van der Waals surface area contributed by atoms with Crippen LogP contribution in [-0.2, 0) is 19.6 Å². The number of carbonyl (C=O) groups excluding carboxylic acids is 1. The van der Waals surface area contributed by atoms with E-state index >= 15 is 0 Å². The highest BCUT2D eigenvalue weighted by atomic mass is 32.2. The summed E-state index contributed by atoms with van der Waals surface area (Å²) in [6.45, 7) is 11.4. The van der Waals surface area contributed by atoms with Gasteiger partial charge in [-0.25, -0.2) is 13.1 Å². The van der Waals surface area contributed by atoms with E-state index in [0.717, 1.165) is 37.0 Å². The Morgan fingerprint density at radius 3 is 2.03 bits per heavy atom. The summed E-state index contributed by atoms with van der Waals surface area (Å²) in [5.41, 5.74) is 0.938. The van der Waals surface area contributed by atoms with Crippen LogP contribution in [0.2, 0.25) is 0 Å². The monoisotopic (exact) mass is 537 g/mol. The van der Waals surface area contributed by atoms with Crippen molar-refractivity contribution in [3.05, 3.63) is 24.3 Å². The van der Waals surface area contributed by atoms with Gasteiger partial charge in [0.25, 0.3) is 0 Å². The first-order valence-corrected chi connectivity index (χ1v) is 14.6. The van der Waals surface area contributed by atoms with Crippen LogP contribution in [0.15, 0.2) is 24.3 Å². The largest absolute Gasteiger partial charge is 0.497 e. The smallest absolute Gasteiger partial charge is 0.308 e. The maximum absolute atomic E-state index is 11.1. The number of methoxy groups -OCH3 is 1. The molecular formula is C26H43N5O5S. The third-order valence-corrected chi connectivity index (χ3v) is 7.81. The van der Waals surface area contributed by atoms with Crippen LogP contribution in [0.25, 0.3) is 11.4 Å². The summed E-state index contributed by atoms with van der Waals surface area (Å²) in [4.78, 5) is 12.7. The van der Waals surface area contributed by atoms with E-state index in [-0.39, 0.29) is 35.3 Å². The van der Waals surface area contributed by atoms with E-state index in [1.807, 2.05) is 65.8 Å². The summed E-state index contributed by atoms with van der Waals surface area (Å²) < 4.78 is 35.1. The Hall–Kier alpha value is -2.53. The molecule has 208 valence electrons. The lowest BCUT2D eigenvalue weighted by Gasteiger charge is -2.12. The highest BCUT2D eigenvalue weighted by Crippen LogP contribution is 2.27. The Labute approximate surface area is 221 Å². The fourth-order valence-corrected chi connectivity index (χ4v) is 5.02. The van der Waals surface area contributed by atoms with E-state index in [9.17, 15) is 13.2 Å². The van der Waals surface area contributed by atoms with Crippen molar-refractivity contribution in [2.75, 3.05) is 7.11 Å². The normalized spacial score (nSPS) is 15.7. The summed E-state index contributed by atoms with van der Waals surface area (Å²) in [5.74, 6) is 1.43. The molecule has 2 saturated carbocycles. The number of ether oxygens (including phenoxy) is 2. The Morgan fingerprint density at radius 2 is 1.59 bits per heavy atom. The van der Waals surface area contributed by atoms with Crippen molar-refractivity contribution >= 4 is 16.0 Å². The second-order valence-electron chi connectivity index (χ2n) is 10.3. The van der Waals surface area contributed by atoms with E-state index < -0.39 is 10.0 Å². The highest BCUT2D eigenvalue weighted by Gasteiger charge is 2.35. The Bertz CT molecular complexity index is 1060. The average Bonchev–Trinajstić information content (AvgIpc) is 3.38. The number of tetrazole rings is 1. The predicted molar refractivity (Wildman–Crippen MR) is 144 cm³/mol. The van der Waals surface area contributed by atoms with Gasteiger partial charge in [0.2, 0.25) is 15.8 Å². The fraction of sp³-hybridized carbons (Fsp3) is 0.692. The van der Waals surface area contributed by atoms with Gasteiger partial charge in [0.1, 0.15) is 11.9 Å². The molecule has 0 bridgehead atoms. The molecule has 1 N–H and O–H groups in total. The predicted octanol–water partition coefficient (Wildman–Crippen LogP) is 4.53. The van der Waals surface area contributed by atoms with Gasteiger partial charge < -0.3 is 9.47 Å². The van der Waals surface area contributed by atoms with Gasteiger partial charge in [-0.2, -0.15) is 4.80 Å². The molecule has 2 aliphatic carbocycles. The molecule has 0 unspecified atom stereocenters. The number of benzene rings is 1. The van der Waals surface area contributed by atoms with Crippen LogP contribution in [0.4, 0.5) is 0 Å². The van der Waals surface area contributed by atoms with Gasteiger partial charge in [0.05, 0.1) is 24.3 Å². The number of esters is 1. The molecule has 1 aromatic carbocycles. The number of rotatable bonds is 8. The minimum Gasteiger partial charge on any atom is -0.497 e. The van der Waals surface area contributed by atoms with Gasteiger partial charge in [-0.3, -0.25) is 4.79 Å². The number of hydrogen-bond acceptors (Lipinski definition) is 8. The number of aromatic nitrogens is 4. The van der Waals surface area contributed by atoms with E-state index in [0.29, 0.717) is 5.82 Å². The molecule has 0 radical (unpaired) electrons. The molecule has 37 heavy (non-hydrogen) atoms. The molecule has 0 aliphatic heterocycles. The summed E-state index contributed by atoms with van der Waals surface area (Å²) in [6, 6.07) is 7.85. The van der Waals surface area contributed by atoms with E-state index in [2.05, 4.69) is 20.1 Å². The number of nitrogens with one attached hydrogen (secondary N) is 1. The fourth-order valence-electron chi connectivity index (χ4n) is 3.41. The Balaban J connectivity index is 0.000000203. The molecule has 1 heterocycles. The van der Waals surface area contributed by atoms with Crippen molar-refractivity contribution < 1.29 is 22.7 Å². The summed E-state index contributed by atoms with van der Waals surface area (Å²) in [7, 11) is -1.30.